The Morgan fingerprint density at radius 3 is 2.17 bits per heavy atom. The van der Waals surface area contributed by atoms with Crippen LogP contribution in [0.3, 0.4) is 0 Å². The summed E-state index contributed by atoms with van der Waals surface area (Å²) < 4.78 is 25.9. The number of nitrogens with one attached hydrogen (secondary N) is 1. The van der Waals surface area contributed by atoms with E-state index < -0.39 is 12.0 Å². The Balaban J connectivity index is 2.12. The van der Waals surface area contributed by atoms with E-state index in [0.29, 0.717) is 13.1 Å². The molecule has 70 valence electrons. The molecule has 0 radical (unpaired) electrons. The summed E-state index contributed by atoms with van der Waals surface area (Å²) in [5, 5.41) is 12.6. The minimum Gasteiger partial charge on any atom is -0.392 e. The van der Waals surface area contributed by atoms with E-state index in [4.69, 9.17) is 0 Å². The first kappa shape index (κ1) is 8.38. The summed E-state index contributed by atoms with van der Waals surface area (Å²) in [6.45, 7) is 1.07. The van der Waals surface area contributed by atoms with Crippen LogP contribution in [0.1, 0.15) is 12.8 Å². The molecule has 1 heterocycles. The van der Waals surface area contributed by atoms with Crippen molar-refractivity contribution in [1.82, 2.24) is 5.32 Å². The van der Waals surface area contributed by atoms with Gasteiger partial charge in [0.15, 0.2) is 0 Å². The Bertz CT molecular complexity index is 170. The molecule has 2 bridgehead atoms. The Kier molecular flexibility index (Phi) is 1.84. The summed E-state index contributed by atoms with van der Waals surface area (Å²) in [7, 11) is 0. The van der Waals surface area contributed by atoms with Crippen LogP contribution in [0.5, 0.6) is 0 Å². The van der Waals surface area contributed by atoms with Crippen molar-refractivity contribution in [3.8, 4) is 0 Å². The molecule has 2 unspecified atom stereocenters. The van der Waals surface area contributed by atoms with Crippen molar-refractivity contribution in [2.45, 2.75) is 24.9 Å². The van der Waals surface area contributed by atoms with Gasteiger partial charge >= 0.3 is 0 Å². The van der Waals surface area contributed by atoms with Crippen LogP contribution in [0.25, 0.3) is 0 Å². The molecule has 0 spiro atoms. The molecule has 1 aliphatic heterocycles. The van der Waals surface area contributed by atoms with Crippen LogP contribution in [0.2, 0.25) is 0 Å². The number of alkyl halides is 2. The molecule has 1 aliphatic carbocycles. The van der Waals surface area contributed by atoms with Crippen molar-refractivity contribution in [2.24, 2.45) is 11.8 Å². The monoisotopic (exact) mass is 177 g/mol. The highest BCUT2D eigenvalue weighted by Gasteiger charge is 2.47. The maximum absolute atomic E-state index is 13.0. The number of rotatable bonds is 0. The molecule has 0 aromatic heterocycles. The lowest BCUT2D eigenvalue weighted by atomic mass is 9.74. The number of aliphatic hydroxyl groups excluding tert-OH is 1. The first-order chi connectivity index (χ1) is 5.58. The van der Waals surface area contributed by atoms with Crippen LogP contribution in [0, 0.1) is 11.8 Å². The fourth-order valence-electron chi connectivity index (χ4n) is 2.32. The Morgan fingerprint density at radius 2 is 1.67 bits per heavy atom. The molecule has 2 atom stereocenters. The van der Waals surface area contributed by atoms with Gasteiger partial charge in [0.2, 0.25) is 5.92 Å². The van der Waals surface area contributed by atoms with Crippen LogP contribution >= 0.6 is 0 Å². The number of hydrogen-bond donors (Lipinski definition) is 2. The van der Waals surface area contributed by atoms with E-state index in [2.05, 4.69) is 5.32 Å². The highest BCUT2D eigenvalue weighted by molar-refractivity contribution is 4.94. The van der Waals surface area contributed by atoms with Gasteiger partial charge < -0.3 is 10.4 Å². The standard InChI is InChI=1S/C8H13F2NO/c9-8(10)1-5-3-11-4-6(2-8)7(5)12/h5-7,11-12H,1-4H2. The van der Waals surface area contributed by atoms with E-state index in [1.54, 1.807) is 0 Å². The van der Waals surface area contributed by atoms with E-state index in [9.17, 15) is 13.9 Å². The maximum Gasteiger partial charge on any atom is 0.249 e. The zero-order valence-corrected chi connectivity index (χ0v) is 6.76. The van der Waals surface area contributed by atoms with E-state index in [1.165, 1.54) is 0 Å². The molecule has 2 fully saturated rings. The lowest BCUT2D eigenvalue weighted by Gasteiger charge is -2.43. The van der Waals surface area contributed by atoms with Gasteiger partial charge in [-0.1, -0.05) is 0 Å². The second-order valence-electron chi connectivity index (χ2n) is 3.93. The van der Waals surface area contributed by atoms with Crippen molar-refractivity contribution in [3.63, 3.8) is 0 Å². The lowest BCUT2D eigenvalue weighted by Crippen LogP contribution is -2.54. The fourth-order valence-corrected chi connectivity index (χ4v) is 2.32. The number of fused-ring (bicyclic) bond motifs is 2. The summed E-state index contributed by atoms with van der Waals surface area (Å²) in [6, 6.07) is 0. The Hall–Kier alpha value is -0.220. The highest BCUT2D eigenvalue weighted by atomic mass is 19.3. The number of hydrogen-bond acceptors (Lipinski definition) is 2. The van der Waals surface area contributed by atoms with Crippen LogP contribution < -0.4 is 5.32 Å². The first-order valence-electron chi connectivity index (χ1n) is 4.35. The SMILES string of the molecule is OC1C2CNCC1CC(F)(F)C2. The largest absolute Gasteiger partial charge is 0.392 e. The Labute approximate surface area is 70.0 Å². The van der Waals surface area contributed by atoms with Crippen LogP contribution in [-0.2, 0) is 0 Å². The predicted molar refractivity (Wildman–Crippen MR) is 40.0 cm³/mol. The molecule has 2 N–H and O–H groups in total. The van der Waals surface area contributed by atoms with Gasteiger partial charge in [0.25, 0.3) is 0 Å². The molecule has 1 saturated carbocycles. The average Bonchev–Trinajstić information content (AvgIpc) is 1.92. The molecule has 12 heavy (non-hydrogen) atoms. The zero-order chi connectivity index (χ0) is 8.77. The second kappa shape index (κ2) is 2.64. The first-order valence-corrected chi connectivity index (χ1v) is 4.35. The molecule has 0 amide bonds. The van der Waals surface area contributed by atoms with E-state index in [0.717, 1.165) is 0 Å². The molecule has 1 saturated heterocycles. The van der Waals surface area contributed by atoms with Gasteiger partial charge in [0.1, 0.15) is 0 Å². The number of aliphatic hydroxyl groups is 1. The molecule has 2 aliphatic rings. The maximum atomic E-state index is 13.0. The number of piperidine rings is 1. The van der Waals surface area contributed by atoms with Gasteiger partial charge in [0, 0.05) is 37.8 Å². The number of halogens is 2. The molecule has 2 nitrogen and oxygen atoms in total. The van der Waals surface area contributed by atoms with Gasteiger partial charge in [-0.2, -0.15) is 0 Å². The third-order valence-electron chi connectivity index (χ3n) is 2.90. The van der Waals surface area contributed by atoms with Crippen molar-refractivity contribution in [1.29, 1.82) is 0 Å². The van der Waals surface area contributed by atoms with Crippen LogP contribution in [0.4, 0.5) is 8.78 Å². The van der Waals surface area contributed by atoms with Crippen molar-refractivity contribution in [2.75, 3.05) is 13.1 Å². The summed E-state index contributed by atoms with van der Waals surface area (Å²) >= 11 is 0. The molecular formula is C8H13F2NO. The van der Waals surface area contributed by atoms with E-state index in [-0.39, 0.29) is 24.7 Å². The van der Waals surface area contributed by atoms with Gasteiger partial charge in [-0.15, -0.1) is 0 Å². The third kappa shape index (κ3) is 1.33. The van der Waals surface area contributed by atoms with E-state index >= 15 is 0 Å². The molecule has 0 aromatic carbocycles. The minimum absolute atomic E-state index is 0.155. The molecule has 4 heteroatoms. The topological polar surface area (TPSA) is 32.3 Å². The average molecular weight is 177 g/mol. The minimum atomic E-state index is -2.54. The van der Waals surface area contributed by atoms with Crippen molar-refractivity contribution in [3.05, 3.63) is 0 Å². The smallest absolute Gasteiger partial charge is 0.249 e. The summed E-state index contributed by atoms with van der Waals surface area (Å²) in [5.41, 5.74) is 0. The molecule has 0 aromatic rings. The molecular weight excluding hydrogens is 164 g/mol. The van der Waals surface area contributed by atoms with Gasteiger partial charge in [0.05, 0.1) is 6.10 Å². The van der Waals surface area contributed by atoms with Gasteiger partial charge in [-0.3, -0.25) is 0 Å². The van der Waals surface area contributed by atoms with Crippen LogP contribution in [-0.4, -0.2) is 30.2 Å². The third-order valence-corrected chi connectivity index (χ3v) is 2.90. The van der Waals surface area contributed by atoms with Crippen molar-refractivity contribution >= 4 is 0 Å². The van der Waals surface area contributed by atoms with E-state index in [1.807, 2.05) is 0 Å². The zero-order valence-electron chi connectivity index (χ0n) is 6.76. The van der Waals surface area contributed by atoms with Gasteiger partial charge in [-0.05, 0) is 0 Å². The summed E-state index contributed by atoms with van der Waals surface area (Å²) in [5.74, 6) is -3.03. The highest BCUT2D eigenvalue weighted by Crippen LogP contribution is 2.41. The summed E-state index contributed by atoms with van der Waals surface area (Å²) in [6.07, 6.45) is -0.819. The van der Waals surface area contributed by atoms with Gasteiger partial charge in [-0.25, -0.2) is 8.78 Å². The predicted octanol–water partition coefficient (Wildman–Crippen LogP) is 0.612. The normalized spacial score (nSPS) is 45.8. The van der Waals surface area contributed by atoms with Crippen LogP contribution in [0.15, 0.2) is 0 Å². The second-order valence-corrected chi connectivity index (χ2v) is 3.93. The quantitative estimate of drug-likeness (QED) is 0.568. The van der Waals surface area contributed by atoms with Crippen molar-refractivity contribution < 1.29 is 13.9 Å². The lowest BCUT2D eigenvalue weighted by molar-refractivity contribution is -0.130. The Morgan fingerprint density at radius 1 is 1.17 bits per heavy atom. The molecule has 2 rings (SSSR count). The fraction of sp³-hybridized carbons (Fsp3) is 1.00. The summed E-state index contributed by atoms with van der Waals surface area (Å²) in [4.78, 5) is 0.